The molecule has 8 aromatic rings. The SMILES string of the molecule is CC(=N)N1C(=N)[C@H](CC(=O)Nc2ccc(OCCOCCOCCOCC(=O)N3CCN(CCOCCOCCOCCNC(=O)CCNC(=O)c4nc(NC(=O)CCNC(=O)c5cc(NC(=O)c6nc(NC(=O)CCNC(=O)c7nc(NC(=O)c8nccn8C)cn7C)cn6C)cn5C)cn4C)CC3)cc2)N=C(c2ccc(Cl)cc2)c2c1sc(C)c2C. The molecule has 10 amide bonds. The molecular formula is C80H103ClN24O17S. The molecule has 10 rings (SSSR count). The maximum atomic E-state index is 13.5. The maximum Gasteiger partial charge on any atom is 0.292 e. The Morgan fingerprint density at radius 3 is 1.61 bits per heavy atom. The molecule has 41 nitrogen and oxygen atoms in total. The van der Waals surface area contributed by atoms with Crippen molar-refractivity contribution in [1.29, 1.82) is 10.8 Å². The summed E-state index contributed by atoms with van der Waals surface area (Å²) in [6.45, 7) is 13.1. The largest absolute Gasteiger partial charge is 0.491 e. The second-order valence-electron chi connectivity index (χ2n) is 28.4. The molecule has 0 radical (unpaired) electrons. The zero-order valence-electron chi connectivity index (χ0n) is 69.7. The van der Waals surface area contributed by atoms with E-state index in [0.717, 1.165) is 26.6 Å². The Kier molecular flexibility index (Phi) is 34.7. The van der Waals surface area contributed by atoms with Gasteiger partial charge in [-0.3, -0.25) is 73.6 Å². The second kappa shape index (κ2) is 46.0. The number of carbonyl (C=O) groups is 10. The van der Waals surface area contributed by atoms with Crippen molar-refractivity contribution in [2.45, 2.75) is 52.5 Å². The van der Waals surface area contributed by atoms with Crippen molar-refractivity contribution in [3.05, 3.63) is 147 Å². The van der Waals surface area contributed by atoms with Crippen LogP contribution in [0.5, 0.6) is 5.75 Å². The molecule has 11 N–H and O–H groups in total. The first kappa shape index (κ1) is 92.9. The fourth-order valence-electron chi connectivity index (χ4n) is 12.7. The number of anilines is 6. The highest BCUT2D eigenvalue weighted by atomic mass is 35.5. The summed E-state index contributed by atoms with van der Waals surface area (Å²) < 4.78 is 46.9. The van der Waals surface area contributed by atoms with Gasteiger partial charge in [-0.15, -0.1) is 11.3 Å². The number of aliphatic imine (C=N–C) groups is 1. The molecule has 0 spiro atoms. The van der Waals surface area contributed by atoms with Gasteiger partial charge in [0.2, 0.25) is 47.0 Å². The minimum atomic E-state index is -0.867. The second-order valence-corrected chi connectivity index (χ2v) is 30.0. The number of aromatic nitrogens is 9. The average molecular weight is 1740 g/mol. The molecule has 2 aliphatic heterocycles. The van der Waals surface area contributed by atoms with Crippen molar-refractivity contribution in [2.75, 3.05) is 176 Å². The smallest absolute Gasteiger partial charge is 0.292 e. The summed E-state index contributed by atoms with van der Waals surface area (Å²) in [6, 6.07) is 14.8. The number of aryl methyl sites for hydroxylation is 6. The lowest BCUT2D eigenvalue weighted by atomic mass is 9.99. The highest BCUT2D eigenvalue weighted by Gasteiger charge is 2.36. The van der Waals surface area contributed by atoms with Gasteiger partial charge < -0.3 is 109 Å². The van der Waals surface area contributed by atoms with E-state index >= 15 is 0 Å². The Hall–Kier alpha value is -12.4. The first-order valence-corrected chi connectivity index (χ1v) is 40.8. The summed E-state index contributed by atoms with van der Waals surface area (Å²) in [4.78, 5) is 158. The molecule has 1 saturated heterocycles. The molecule has 8 heterocycles. The number of imidazole rings is 4. The van der Waals surface area contributed by atoms with E-state index in [2.05, 4.69) is 72.7 Å². The molecule has 1 atom stereocenters. The number of benzene rings is 2. The normalized spacial score (nSPS) is 13.3. The zero-order chi connectivity index (χ0) is 88.1. The van der Waals surface area contributed by atoms with Crippen LogP contribution in [0.4, 0.5) is 33.8 Å². The quantitative estimate of drug-likeness (QED) is 0.0146. The Morgan fingerprint density at radius 2 is 1.04 bits per heavy atom. The van der Waals surface area contributed by atoms with Crippen LogP contribution in [0.25, 0.3) is 0 Å². The Labute approximate surface area is 717 Å². The Bertz CT molecular complexity index is 5080. The minimum absolute atomic E-state index is 0.0102. The van der Waals surface area contributed by atoms with Gasteiger partial charge in [-0.25, -0.2) is 19.9 Å². The number of carbonyl (C=O) groups excluding carboxylic acids is 10. The van der Waals surface area contributed by atoms with Gasteiger partial charge in [0.15, 0.2) is 23.3 Å². The van der Waals surface area contributed by atoms with E-state index in [9.17, 15) is 53.4 Å². The van der Waals surface area contributed by atoms with Gasteiger partial charge in [-0.2, -0.15) is 0 Å². The van der Waals surface area contributed by atoms with E-state index in [0.29, 0.717) is 114 Å². The number of hydrogen-bond donors (Lipinski definition) is 11. The number of amidine groups is 2. The number of nitrogens with one attached hydrogen (secondary N) is 11. The van der Waals surface area contributed by atoms with Crippen molar-refractivity contribution in [3.63, 3.8) is 0 Å². The predicted octanol–water partition coefficient (Wildman–Crippen LogP) is 3.90. The highest BCUT2D eigenvalue weighted by molar-refractivity contribution is 7.17. The average Bonchev–Trinajstić information content (AvgIpc) is 1.60. The lowest BCUT2D eigenvalue weighted by Crippen LogP contribution is -2.50. The molecular weight excluding hydrogens is 1640 g/mol. The van der Waals surface area contributed by atoms with E-state index in [1.165, 1.54) is 71.2 Å². The van der Waals surface area contributed by atoms with Gasteiger partial charge in [0.1, 0.15) is 47.4 Å². The first-order chi connectivity index (χ1) is 59.2. The number of halogens is 1. The van der Waals surface area contributed by atoms with E-state index < -0.39 is 47.4 Å². The van der Waals surface area contributed by atoms with Crippen LogP contribution in [0.3, 0.4) is 0 Å². The van der Waals surface area contributed by atoms with Crippen molar-refractivity contribution in [3.8, 4) is 5.75 Å². The topological polar surface area (TPSA) is 490 Å². The number of rotatable bonds is 46. The monoisotopic (exact) mass is 1740 g/mol. The molecule has 0 unspecified atom stereocenters. The maximum absolute atomic E-state index is 13.5. The Balaban J connectivity index is 0.481. The molecule has 43 heteroatoms. The molecule has 6 aromatic heterocycles. The van der Waals surface area contributed by atoms with E-state index in [1.54, 1.807) is 94.6 Å². The van der Waals surface area contributed by atoms with Crippen LogP contribution in [-0.2, 0) is 87.6 Å². The number of nitrogens with zero attached hydrogens (tertiary/aromatic N) is 13. The van der Waals surface area contributed by atoms with Crippen LogP contribution in [0.15, 0.2) is 96.8 Å². The van der Waals surface area contributed by atoms with Crippen molar-refractivity contribution < 1.29 is 81.1 Å². The molecule has 0 bridgehead atoms. The molecule has 0 aliphatic carbocycles. The van der Waals surface area contributed by atoms with Crippen LogP contribution >= 0.6 is 22.9 Å². The third-order valence-electron chi connectivity index (χ3n) is 19.1. The van der Waals surface area contributed by atoms with Crippen LogP contribution in [-0.4, -0.2) is 280 Å². The first-order valence-electron chi connectivity index (χ1n) is 39.6. The molecule has 0 saturated carbocycles. The summed E-state index contributed by atoms with van der Waals surface area (Å²) in [7, 11) is 7.94. The van der Waals surface area contributed by atoms with E-state index in [-0.39, 0.29) is 160 Å². The number of amides is 10. The number of thiophene rings is 1. The molecule has 2 aromatic carbocycles. The summed E-state index contributed by atoms with van der Waals surface area (Å²) in [5, 5.41) is 43.1. The zero-order valence-corrected chi connectivity index (χ0v) is 71.2. The summed E-state index contributed by atoms with van der Waals surface area (Å²) >= 11 is 7.72. The van der Waals surface area contributed by atoms with Crippen molar-refractivity contribution >= 4 is 133 Å². The molecule has 658 valence electrons. The fraction of sp³-hybridized carbons (Fsp3) is 0.438. The lowest BCUT2D eigenvalue weighted by Gasteiger charge is -2.34. The Morgan fingerprint density at radius 1 is 0.520 bits per heavy atom. The van der Waals surface area contributed by atoms with Gasteiger partial charge in [0.05, 0.1) is 90.5 Å². The summed E-state index contributed by atoms with van der Waals surface area (Å²) in [6.07, 6.45) is 8.47. The van der Waals surface area contributed by atoms with Crippen molar-refractivity contribution in [2.24, 2.45) is 40.2 Å². The summed E-state index contributed by atoms with van der Waals surface area (Å²) in [5.41, 5.74) is 4.23. The van der Waals surface area contributed by atoms with Crippen LogP contribution in [0.2, 0.25) is 5.02 Å². The number of ether oxygens (including phenoxy) is 7. The van der Waals surface area contributed by atoms with Gasteiger partial charge in [0, 0.05) is 177 Å². The van der Waals surface area contributed by atoms with E-state index in [1.807, 2.05) is 26.0 Å². The van der Waals surface area contributed by atoms with Crippen molar-refractivity contribution in [1.82, 2.24) is 73.8 Å². The number of piperazine rings is 1. The van der Waals surface area contributed by atoms with Crippen LogP contribution in [0, 0.1) is 24.7 Å². The highest BCUT2D eigenvalue weighted by Crippen LogP contribution is 2.40. The minimum Gasteiger partial charge on any atom is -0.491 e. The van der Waals surface area contributed by atoms with Gasteiger partial charge >= 0.3 is 0 Å². The fourth-order valence-corrected chi connectivity index (χ4v) is 14.0. The third-order valence-corrected chi connectivity index (χ3v) is 20.6. The molecule has 1 fully saturated rings. The number of fused-ring (bicyclic) bond motifs is 1. The van der Waals surface area contributed by atoms with Gasteiger partial charge in [0.25, 0.3) is 29.5 Å². The molecule has 123 heavy (non-hydrogen) atoms. The summed E-state index contributed by atoms with van der Waals surface area (Å²) in [5.74, 6) is -3.47. The van der Waals surface area contributed by atoms with Gasteiger partial charge in [-0.05, 0) is 68.8 Å². The van der Waals surface area contributed by atoms with Crippen LogP contribution < -0.4 is 57.5 Å². The third kappa shape index (κ3) is 27.5. The lowest BCUT2D eigenvalue weighted by molar-refractivity contribution is -0.138. The van der Waals surface area contributed by atoms with Crippen LogP contribution in [0.1, 0.15) is 107 Å². The van der Waals surface area contributed by atoms with E-state index in [4.69, 9.17) is 55.2 Å². The predicted molar refractivity (Wildman–Crippen MR) is 457 cm³/mol. The molecule has 2 aliphatic rings. The number of hydrogen-bond acceptors (Lipinski definition) is 26. The standard InChI is InChI=1S/C80H103ClN24O17S/c1-50-51(2)123-80-68(50)69(53-9-11-54(81)12-10-53)91-58(70(83)105(80)52(3)82)44-66(109)89-55-13-15-57(16-14-55)122-42-41-120-38-37-119-39-40-121-49-67(110)104-28-26-103(27-29-104)30-32-117-34-36-118-35-33-116-31-24-84-63(106)17-20-87-76(112)72-94-60(46-100(72)6)92-64(107)18-21-86-75(111)59-43-56(45-99(59)5)90-79(115)74-95-61(47-102(74)8)93-65(108)19-22-88-77(113)73-96-62(48-101(73)7)97-78(114)71-85-23-25-98(71)4/h9-16,23,25,43,45-48,58,82-83H,17-22,24,26-42,44,49H2,1-8H3,(H,84,106)(H,86,111)(H,87,112)(H,88,113)(H,89,109)(H,90,115)(H,92,107)(H,93,108)(H,97,114)/t58-/m0/s1. The van der Waals surface area contributed by atoms with Gasteiger partial charge in [-0.1, -0.05) is 23.7 Å².